The molecule has 0 saturated carbocycles. The van der Waals surface area contributed by atoms with E-state index in [4.69, 9.17) is 16.9 Å². The molecule has 0 unspecified atom stereocenters. The van der Waals surface area contributed by atoms with Crippen LogP contribution in [-0.2, 0) is 10.5 Å². The number of rotatable bonds is 5. The zero-order valence-electron chi connectivity index (χ0n) is 13.7. The van der Waals surface area contributed by atoms with Crippen LogP contribution in [0, 0.1) is 11.3 Å². The molecule has 1 aromatic heterocycles. The van der Waals surface area contributed by atoms with Gasteiger partial charge in [0.25, 0.3) is 5.91 Å². The monoisotopic (exact) mass is 382 g/mol. The van der Waals surface area contributed by atoms with Crippen molar-refractivity contribution < 1.29 is 4.79 Å². The van der Waals surface area contributed by atoms with Crippen LogP contribution in [0.4, 0.5) is 5.69 Å². The van der Waals surface area contributed by atoms with E-state index in [0.717, 1.165) is 5.56 Å². The first-order chi connectivity index (χ1) is 12.6. The maximum atomic E-state index is 12.4. The molecule has 1 aromatic carbocycles. The normalized spacial score (nSPS) is 13.1. The number of nitriles is 1. The van der Waals surface area contributed by atoms with Crippen LogP contribution in [0.2, 0.25) is 5.02 Å². The number of carbonyl (C=O) groups excluding carboxylic acids is 1. The standard InChI is InChI=1S/C19H15ClN4OS/c20-16-3-5-17(6-4-16)23-19(25)15-2-1-9-24(12-15)26-13-14-7-8-22-18(10-14)11-21/h1-10H,12-13H2,(H,23,25). The van der Waals surface area contributed by atoms with Crippen molar-refractivity contribution in [3.05, 3.63) is 82.8 Å². The highest BCUT2D eigenvalue weighted by molar-refractivity contribution is 7.96. The fourth-order valence-electron chi connectivity index (χ4n) is 2.29. The van der Waals surface area contributed by atoms with Gasteiger partial charge in [-0.2, -0.15) is 5.26 Å². The predicted molar refractivity (Wildman–Crippen MR) is 104 cm³/mol. The lowest BCUT2D eigenvalue weighted by atomic mass is 10.2. The molecule has 3 rings (SSSR count). The average Bonchev–Trinajstić information content (AvgIpc) is 2.68. The van der Waals surface area contributed by atoms with Crippen LogP contribution in [0.15, 0.2) is 66.5 Å². The first-order valence-electron chi connectivity index (χ1n) is 7.83. The highest BCUT2D eigenvalue weighted by Crippen LogP contribution is 2.22. The Morgan fingerprint density at radius 3 is 2.92 bits per heavy atom. The molecule has 0 radical (unpaired) electrons. The predicted octanol–water partition coefficient (Wildman–Crippen LogP) is 4.15. The summed E-state index contributed by atoms with van der Waals surface area (Å²) in [6.07, 6.45) is 7.21. The van der Waals surface area contributed by atoms with Crippen LogP contribution in [-0.4, -0.2) is 21.7 Å². The molecule has 130 valence electrons. The molecule has 26 heavy (non-hydrogen) atoms. The van der Waals surface area contributed by atoms with Gasteiger partial charge in [0.1, 0.15) is 11.8 Å². The van der Waals surface area contributed by atoms with E-state index in [-0.39, 0.29) is 5.91 Å². The van der Waals surface area contributed by atoms with Gasteiger partial charge >= 0.3 is 0 Å². The fourth-order valence-corrected chi connectivity index (χ4v) is 3.30. The van der Waals surface area contributed by atoms with Gasteiger partial charge in [-0.1, -0.05) is 17.7 Å². The van der Waals surface area contributed by atoms with Crippen molar-refractivity contribution in [1.82, 2.24) is 9.29 Å². The Hall–Kier alpha value is -2.75. The Labute approximate surface area is 161 Å². The zero-order chi connectivity index (χ0) is 18.4. The molecule has 1 aliphatic rings. The van der Waals surface area contributed by atoms with Crippen molar-refractivity contribution in [3.8, 4) is 6.07 Å². The van der Waals surface area contributed by atoms with E-state index < -0.39 is 0 Å². The number of halogens is 1. The molecule has 0 fully saturated rings. The molecule has 2 heterocycles. The van der Waals surface area contributed by atoms with Crippen LogP contribution in [0.5, 0.6) is 0 Å². The van der Waals surface area contributed by atoms with Gasteiger partial charge in [-0.15, -0.1) is 0 Å². The highest BCUT2D eigenvalue weighted by atomic mass is 35.5. The third kappa shape index (κ3) is 4.88. The van der Waals surface area contributed by atoms with Crippen LogP contribution < -0.4 is 5.32 Å². The minimum atomic E-state index is -0.141. The summed E-state index contributed by atoms with van der Waals surface area (Å²) in [7, 11) is 0. The number of benzene rings is 1. The van der Waals surface area contributed by atoms with Gasteiger partial charge in [0, 0.05) is 34.4 Å². The SMILES string of the molecule is N#Cc1cc(CSN2C=CC=C(C(=O)Nc3ccc(Cl)cc3)C2)ccn1. The van der Waals surface area contributed by atoms with Crippen molar-refractivity contribution in [3.63, 3.8) is 0 Å². The van der Waals surface area contributed by atoms with Crippen molar-refractivity contribution >= 4 is 35.1 Å². The third-order valence-corrected chi connectivity index (χ3v) is 4.90. The first-order valence-corrected chi connectivity index (χ1v) is 9.15. The van der Waals surface area contributed by atoms with Crippen LogP contribution in [0.25, 0.3) is 0 Å². The van der Waals surface area contributed by atoms with Gasteiger partial charge in [-0.25, -0.2) is 4.98 Å². The number of hydrogen-bond acceptors (Lipinski definition) is 5. The van der Waals surface area contributed by atoms with E-state index in [2.05, 4.69) is 10.3 Å². The minimum absolute atomic E-state index is 0.141. The maximum Gasteiger partial charge on any atom is 0.253 e. The summed E-state index contributed by atoms with van der Waals surface area (Å²) >= 11 is 7.43. The topological polar surface area (TPSA) is 69.0 Å². The van der Waals surface area contributed by atoms with Crippen LogP contribution in [0.3, 0.4) is 0 Å². The van der Waals surface area contributed by atoms with Crippen molar-refractivity contribution in [2.24, 2.45) is 0 Å². The largest absolute Gasteiger partial charge is 0.322 e. The van der Waals surface area contributed by atoms with E-state index >= 15 is 0 Å². The second-order valence-corrected chi connectivity index (χ2v) is 6.96. The number of pyridine rings is 1. The Kier molecular flexibility index (Phi) is 5.95. The van der Waals surface area contributed by atoms with Gasteiger partial charge in [0.15, 0.2) is 0 Å². The molecular weight excluding hydrogens is 368 g/mol. The van der Waals surface area contributed by atoms with Crippen LogP contribution >= 0.6 is 23.5 Å². The number of hydrogen-bond donors (Lipinski definition) is 1. The highest BCUT2D eigenvalue weighted by Gasteiger charge is 2.15. The molecular formula is C19H15ClN4OS. The summed E-state index contributed by atoms with van der Waals surface area (Å²) in [5.41, 5.74) is 2.79. The minimum Gasteiger partial charge on any atom is -0.322 e. The zero-order valence-corrected chi connectivity index (χ0v) is 15.3. The number of allylic oxidation sites excluding steroid dienone is 2. The lowest BCUT2D eigenvalue weighted by Crippen LogP contribution is -2.24. The number of aromatic nitrogens is 1. The first kappa shape index (κ1) is 18.1. The van der Waals surface area contributed by atoms with E-state index in [1.165, 1.54) is 0 Å². The van der Waals surface area contributed by atoms with E-state index in [1.54, 1.807) is 48.5 Å². The van der Waals surface area contributed by atoms with Crippen LogP contribution in [0.1, 0.15) is 11.3 Å². The summed E-state index contributed by atoms with van der Waals surface area (Å²) in [5.74, 6) is 0.547. The number of nitrogens with zero attached hydrogens (tertiary/aromatic N) is 3. The van der Waals surface area contributed by atoms with Gasteiger partial charge in [-0.3, -0.25) is 4.79 Å². The van der Waals surface area contributed by atoms with Gasteiger partial charge in [0.2, 0.25) is 0 Å². The van der Waals surface area contributed by atoms with E-state index in [9.17, 15) is 4.79 Å². The van der Waals surface area contributed by atoms with E-state index in [1.807, 2.05) is 34.8 Å². The molecule has 0 saturated heterocycles. The van der Waals surface area contributed by atoms with Gasteiger partial charge in [-0.05, 0) is 60.0 Å². The Morgan fingerprint density at radius 2 is 2.15 bits per heavy atom. The molecule has 0 atom stereocenters. The molecule has 1 aliphatic heterocycles. The average molecular weight is 383 g/mol. The number of anilines is 1. The van der Waals surface area contributed by atoms with Crippen molar-refractivity contribution in [1.29, 1.82) is 5.26 Å². The molecule has 5 nitrogen and oxygen atoms in total. The van der Waals surface area contributed by atoms with Gasteiger partial charge in [0.05, 0.1) is 6.54 Å². The molecule has 0 aliphatic carbocycles. The molecule has 1 N–H and O–H groups in total. The number of carbonyl (C=O) groups is 1. The lowest BCUT2D eigenvalue weighted by Gasteiger charge is -2.23. The molecule has 1 amide bonds. The molecule has 0 spiro atoms. The van der Waals surface area contributed by atoms with Crippen molar-refractivity contribution in [2.75, 3.05) is 11.9 Å². The molecule has 2 aromatic rings. The third-order valence-electron chi connectivity index (χ3n) is 3.61. The Morgan fingerprint density at radius 1 is 1.35 bits per heavy atom. The summed E-state index contributed by atoms with van der Waals surface area (Å²) in [4.78, 5) is 16.4. The number of nitrogens with one attached hydrogen (secondary N) is 1. The van der Waals surface area contributed by atoms with Crippen molar-refractivity contribution in [2.45, 2.75) is 5.75 Å². The summed E-state index contributed by atoms with van der Waals surface area (Å²) in [5, 5.41) is 12.4. The Balaban J connectivity index is 1.56. The summed E-state index contributed by atoms with van der Waals surface area (Å²) in [6, 6.07) is 12.7. The quantitative estimate of drug-likeness (QED) is 0.786. The van der Waals surface area contributed by atoms with E-state index in [0.29, 0.717) is 34.3 Å². The second kappa shape index (κ2) is 8.56. The smallest absolute Gasteiger partial charge is 0.253 e. The lowest BCUT2D eigenvalue weighted by molar-refractivity contribution is -0.113. The Bertz CT molecular complexity index is 903. The molecule has 0 bridgehead atoms. The fraction of sp³-hybridized carbons (Fsp3) is 0.105. The maximum absolute atomic E-state index is 12.4. The van der Waals surface area contributed by atoms with Gasteiger partial charge < -0.3 is 9.62 Å². The number of amides is 1. The summed E-state index contributed by atoms with van der Waals surface area (Å²) < 4.78 is 1.99. The second-order valence-electron chi connectivity index (χ2n) is 5.50. The molecule has 7 heteroatoms. The summed E-state index contributed by atoms with van der Waals surface area (Å²) in [6.45, 7) is 0.497.